The molecule has 1 aromatic rings. The highest BCUT2D eigenvalue weighted by atomic mass is 35.7. The molecule has 1 aromatic heterocycles. The van der Waals surface area contributed by atoms with Crippen molar-refractivity contribution in [2.75, 3.05) is 0 Å². The molecule has 1 aliphatic rings. The van der Waals surface area contributed by atoms with Crippen molar-refractivity contribution in [1.29, 1.82) is 0 Å². The fourth-order valence-corrected chi connectivity index (χ4v) is 3.71. The molecule has 152 valence electrons. The second kappa shape index (κ2) is 7.59. The third-order valence-electron chi connectivity index (χ3n) is 4.36. The molecule has 1 aliphatic heterocycles. The third kappa shape index (κ3) is 6.35. The van der Waals surface area contributed by atoms with Crippen LogP contribution in [0.4, 0.5) is 4.79 Å². The van der Waals surface area contributed by atoms with Gasteiger partial charge in [-0.15, -0.1) is 0 Å². The molecule has 1 atom stereocenters. The number of pyridine rings is 1. The summed E-state index contributed by atoms with van der Waals surface area (Å²) in [4.78, 5) is 18.7. The molecule has 2 heterocycles. The predicted molar refractivity (Wildman–Crippen MR) is 105 cm³/mol. The largest absolute Gasteiger partial charge is 0.444 e. The lowest BCUT2D eigenvalue weighted by Crippen LogP contribution is -2.47. The molecule has 0 bridgehead atoms. The van der Waals surface area contributed by atoms with Gasteiger partial charge in [0.1, 0.15) is 5.60 Å². The van der Waals surface area contributed by atoms with Crippen LogP contribution < -0.4 is 0 Å². The summed E-state index contributed by atoms with van der Waals surface area (Å²) in [6, 6.07) is 2.95. The van der Waals surface area contributed by atoms with E-state index in [1.807, 2.05) is 20.8 Å². The number of carbonyl (C=O) groups is 1. The number of hydrogen-bond acceptors (Lipinski definition) is 5. The Balaban J connectivity index is 2.33. The van der Waals surface area contributed by atoms with Gasteiger partial charge in [-0.1, -0.05) is 26.8 Å². The Morgan fingerprint density at radius 3 is 2.41 bits per heavy atom. The molecular weight excluding hydrogens is 388 g/mol. The van der Waals surface area contributed by atoms with Crippen molar-refractivity contribution in [3.8, 4) is 0 Å². The molecule has 1 amide bonds. The molecule has 0 aromatic carbocycles. The van der Waals surface area contributed by atoms with Crippen LogP contribution in [0.5, 0.6) is 0 Å². The first-order valence-electron chi connectivity index (χ1n) is 9.09. The number of halogens is 1. The van der Waals surface area contributed by atoms with Gasteiger partial charge in [0.25, 0.3) is 9.05 Å². The third-order valence-corrected chi connectivity index (χ3v) is 5.56. The van der Waals surface area contributed by atoms with E-state index in [9.17, 15) is 13.2 Å². The summed E-state index contributed by atoms with van der Waals surface area (Å²) in [5.41, 5.74) is 1.03. The van der Waals surface area contributed by atoms with Crippen LogP contribution in [0.1, 0.15) is 65.6 Å². The van der Waals surface area contributed by atoms with Crippen LogP contribution >= 0.6 is 10.7 Å². The second-order valence-corrected chi connectivity index (χ2v) is 11.8. The van der Waals surface area contributed by atoms with Crippen LogP contribution in [-0.4, -0.2) is 36.0 Å². The van der Waals surface area contributed by atoms with Gasteiger partial charge in [0, 0.05) is 28.8 Å². The molecule has 0 saturated carbocycles. The van der Waals surface area contributed by atoms with Gasteiger partial charge in [-0.2, -0.15) is 0 Å². The van der Waals surface area contributed by atoms with Crippen molar-refractivity contribution in [3.63, 3.8) is 0 Å². The van der Waals surface area contributed by atoms with E-state index in [2.05, 4.69) is 25.8 Å². The Labute approximate surface area is 166 Å². The number of nitrogens with zero attached hydrogens (tertiary/aromatic N) is 2. The maximum absolute atomic E-state index is 12.8. The van der Waals surface area contributed by atoms with Crippen LogP contribution in [0.25, 0.3) is 0 Å². The van der Waals surface area contributed by atoms with Crippen molar-refractivity contribution < 1.29 is 17.9 Å². The molecule has 0 saturated heterocycles. The predicted octanol–water partition coefficient (Wildman–Crippen LogP) is 4.50. The Bertz CT molecular complexity index is 810. The highest BCUT2D eigenvalue weighted by Gasteiger charge is 2.34. The van der Waals surface area contributed by atoms with Crippen molar-refractivity contribution in [2.24, 2.45) is 5.41 Å². The van der Waals surface area contributed by atoms with Gasteiger partial charge in [-0.05, 0) is 50.7 Å². The minimum atomic E-state index is -3.89. The summed E-state index contributed by atoms with van der Waals surface area (Å²) in [7, 11) is 1.55. The summed E-state index contributed by atoms with van der Waals surface area (Å²) >= 11 is 0. The molecule has 1 unspecified atom stereocenters. The van der Waals surface area contributed by atoms with E-state index in [0.717, 1.165) is 18.4 Å². The topological polar surface area (TPSA) is 76.6 Å². The van der Waals surface area contributed by atoms with Crippen molar-refractivity contribution in [2.45, 2.75) is 84.0 Å². The molecule has 0 N–H and O–H groups in total. The SMILES string of the molecule is CC(C)(C)CCC1Cc2nc(S(=O)(=O)Cl)ccc2CN1C(=O)OC(C)(C)C. The fourth-order valence-electron chi connectivity index (χ4n) is 3.00. The maximum atomic E-state index is 12.8. The lowest BCUT2D eigenvalue weighted by molar-refractivity contribution is 0.00953. The van der Waals surface area contributed by atoms with E-state index < -0.39 is 14.7 Å². The average Bonchev–Trinajstić information content (AvgIpc) is 2.48. The number of hydrogen-bond donors (Lipinski definition) is 0. The van der Waals surface area contributed by atoms with Gasteiger partial charge in [0.15, 0.2) is 5.03 Å². The normalized spacial score (nSPS) is 18.2. The fraction of sp³-hybridized carbons (Fsp3) is 0.684. The zero-order valence-corrected chi connectivity index (χ0v) is 18.4. The summed E-state index contributed by atoms with van der Waals surface area (Å²) in [5.74, 6) is 0. The number of aromatic nitrogens is 1. The van der Waals surface area contributed by atoms with Crippen molar-refractivity contribution in [3.05, 3.63) is 23.4 Å². The number of rotatable bonds is 3. The number of amides is 1. The van der Waals surface area contributed by atoms with E-state index in [4.69, 9.17) is 15.4 Å². The minimum absolute atomic E-state index is 0.104. The summed E-state index contributed by atoms with van der Waals surface area (Å²) in [6.07, 6.45) is 1.81. The zero-order valence-electron chi connectivity index (χ0n) is 16.9. The standard InChI is InChI=1S/C19H29ClN2O4S/c1-18(2,3)10-9-14-11-15-13(7-8-16(21-15)27(20,24)25)12-22(14)17(23)26-19(4,5)6/h7-8,14H,9-12H2,1-6H3. The van der Waals surface area contributed by atoms with Crippen LogP contribution in [0, 0.1) is 5.41 Å². The quantitative estimate of drug-likeness (QED) is 0.678. The highest BCUT2D eigenvalue weighted by Crippen LogP contribution is 2.31. The first-order valence-corrected chi connectivity index (χ1v) is 11.4. The van der Waals surface area contributed by atoms with Gasteiger partial charge in [0.05, 0.1) is 6.54 Å². The monoisotopic (exact) mass is 416 g/mol. The van der Waals surface area contributed by atoms with Gasteiger partial charge in [0.2, 0.25) is 0 Å². The average molecular weight is 417 g/mol. The summed E-state index contributed by atoms with van der Waals surface area (Å²) in [5, 5.41) is -0.150. The summed E-state index contributed by atoms with van der Waals surface area (Å²) in [6.45, 7) is 12.3. The lowest BCUT2D eigenvalue weighted by Gasteiger charge is -2.38. The Hall–Kier alpha value is -1.34. The van der Waals surface area contributed by atoms with Crippen molar-refractivity contribution >= 4 is 25.8 Å². The van der Waals surface area contributed by atoms with Gasteiger partial charge in [-0.3, -0.25) is 0 Å². The minimum Gasteiger partial charge on any atom is -0.444 e. The summed E-state index contributed by atoms with van der Waals surface area (Å²) < 4.78 is 28.8. The maximum Gasteiger partial charge on any atom is 0.410 e. The molecule has 27 heavy (non-hydrogen) atoms. The van der Waals surface area contributed by atoms with Crippen LogP contribution in [-0.2, 0) is 26.8 Å². The van der Waals surface area contributed by atoms with E-state index in [1.54, 1.807) is 11.0 Å². The molecule has 6 nitrogen and oxygen atoms in total. The van der Waals surface area contributed by atoms with Gasteiger partial charge >= 0.3 is 6.09 Å². The van der Waals surface area contributed by atoms with E-state index >= 15 is 0 Å². The van der Waals surface area contributed by atoms with Crippen LogP contribution in [0.3, 0.4) is 0 Å². The number of ether oxygens (including phenoxy) is 1. The van der Waals surface area contributed by atoms with Gasteiger partial charge < -0.3 is 9.64 Å². The molecular formula is C19H29ClN2O4S. The number of fused-ring (bicyclic) bond motifs is 1. The number of carbonyl (C=O) groups excluding carboxylic acids is 1. The molecule has 0 fully saturated rings. The molecule has 2 rings (SSSR count). The lowest BCUT2D eigenvalue weighted by atomic mass is 9.86. The first kappa shape index (κ1) is 22.0. The molecule has 8 heteroatoms. The molecule has 0 aliphatic carbocycles. The van der Waals surface area contributed by atoms with E-state index in [0.29, 0.717) is 18.7 Å². The van der Waals surface area contributed by atoms with Crippen molar-refractivity contribution in [1.82, 2.24) is 9.88 Å². The molecule has 0 radical (unpaired) electrons. The Kier molecular flexibility index (Phi) is 6.17. The van der Waals surface area contributed by atoms with Crippen LogP contribution in [0.15, 0.2) is 17.2 Å². The van der Waals surface area contributed by atoms with Gasteiger partial charge in [-0.25, -0.2) is 18.2 Å². The Morgan fingerprint density at radius 2 is 1.89 bits per heavy atom. The van der Waals surface area contributed by atoms with E-state index in [1.165, 1.54) is 6.07 Å². The second-order valence-electron chi connectivity index (χ2n) is 9.26. The molecule has 0 spiro atoms. The smallest absolute Gasteiger partial charge is 0.410 e. The van der Waals surface area contributed by atoms with Crippen LogP contribution in [0.2, 0.25) is 0 Å². The highest BCUT2D eigenvalue weighted by molar-refractivity contribution is 8.13. The Morgan fingerprint density at radius 1 is 1.26 bits per heavy atom. The zero-order chi connectivity index (χ0) is 20.6. The first-order chi connectivity index (χ1) is 12.2. The van der Waals surface area contributed by atoms with E-state index in [-0.39, 0.29) is 22.6 Å².